The van der Waals surface area contributed by atoms with Crippen LogP contribution < -0.4 is 4.90 Å². The monoisotopic (exact) mass is 380 g/mol. The summed E-state index contributed by atoms with van der Waals surface area (Å²) in [6.45, 7) is 2.05. The van der Waals surface area contributed by atoms with Gasteiger partial charge in [0.15, 0.2) is 5.69 Å². The number of aromatic nitrogens is 2. The Bertz CT molecular complexity index is 785. The highest BCUT2D eigenvalue weighted by Crippen LogP contribution is 2.26. The molecular formula is C16H14Cl2N4O3. The molecule has 2 heterocycles. The van der Waals surface area contributed by atoms with Gasteiger partial charge in [0.1, 0.15) is 5.82 Å². The maximum absolute atomic E-state index is 12.6. The van der Waals surface area contributed by atoms with Gasteiger partial charge < -0.3 is 14.9 Å². The van der Waals surface area contributed by atoms with Crippen molar-refractivity contribution in [3.8, 4) is 0 Å². The minimum atomic E-state index is -1.12. The van der Waals surface area contributed by atoms with Gasteiger partial charge in [-0.3, -0.25) is 4.79 Å². The van der Waals surface area contributed by atoms with E-state index in [0.29, 0.717) is 47.6 Å². The molecule has 1 amide bonds. The molecule has 0 bridgehead atoms. The highest BCUT2D eigenvalue weighted by atomic mass is 35.5. The lowest BCUT2D eigenvalue weighted by molar-refractivity contribution is 0.0688. The maximum atomic E-state index is 12.6. The van der Waals surface area contributed by atoms with Crippen molar-refractivity contribution in [1.82, 2.24) is 14.9 Å². The first kappa shape index (κ1) is 17.4. The van der Waals surface area contributed by atoms with Crippen molar-refractivity contribution in [1.29, 1.82) is 0 Å². The first-order chi connectivity index (χ1) is 12.0. The van der Waals surface area contributed by atoms with Crippen molar-refractivity contribution in [3.05, 3.63) is 51.9 Å². The number of anilines is 1. The van der Waals surface area contributed by atoms with Gasteiger partial charge >= 0.3 is 5.97 Å². The molecule has 9 heteroatoms. The van der Waals surface area contributed by atoms with E-state index in [1.54, 1.807) is 23.1 Å². The summed E-state index contributed by atoms with van der Waals surface area (Å²) in [5.74, 6) is -0.749. The van der Waals surface area contributed by atoms with Gasteiger partial charge in [-0.15, -0.1) is 0 Å². The molecule has 0 spiro atoms. The topological polar surface area (TPSA) is 86.6 Å². The van der Waals surface area contributed by atoms with Crippen molar-refractivity contribution >= 4 is 40.9 Å². The third-order valence-corrected chi connectivity index (χ3v) is 4.55. The van der Waals surface area contributed by atoms with Gasteiger partial charge in [0.05, 0.1) is 28.0 Å². The average Bonchev–Trinajstić information content (AvgIpc) is 2.61. The fourth-order valence-corrected chi connectivity index (χ4v) is 3.15. The van der Waals surface area contributed by atoms with Gasteiger partial charge in [-0.1, -0.05) is 29.3 Å². The molecule has 1 aromatic heterocycles. The Hall–Kier alpha value is -2.38. The minimum Gasteiger partial charge on any atom is -0.476 e. The molecule has 7 nitrogen and oxygen atoms in total. The Kier molecular flexibility index (Phi) is 5.06. The van der Waals surface area contributed by atoms with Crippen LogP contribution >= 0.6 is 23.2 Å². The highest BCUT2D eigenvalue weighted by molar-refractivity contribution is 6.39. The molecule has 1 saturated heterocycles. The van der Waals surface area contributed by atoms with E-state index in [2.05, 4.69) is 9.97 Å². The van der Waals surface area contributed by atoms with Crippen LogP contribution in [-0.2, 0) is 0 Å². The van der Waals surface area contributed by atoms with E-state index in [1.807, 2.05) is 4.90 Å². The number of carboxylic acid groups (broad SMARTS) is 1. The predicted octanol–water partition coefficient (Wildman–Crippen LogP) is 2.44. The molecule has 0 saturated carbocycles. The van der Waals surface area contributed by atoms with E-state index in [0.717, 1.165) is 0 Å². The van der Waals surface area contributed by atoms with Crippen LogP contribution in [0.1, 0.15) is 20.8 Å². The Morgan fingerprint density at radius 2 is 1.64 bits per heavy atom. The number of halogens is 2. The Labute approximate surface area is 153 Å². The molecule has 25 heavy (non-hydrogen) atoms. The van der Waals surface area contributed by atoms with Gasteiger partial charge in [0.2, 0.25) is 0 Å². The van der Waals surface area contributed by atoms with Gasteiger partial charge in [-0.05, 0) is 12.1 Å². The van der Waals surface area contributed by atoms with Crippen LogP contribution in [0.2, 0.25) is 10.0 Å². The molecular weight excluding hydrogens is 367 g/mol. The third kappa shape index (κ3) is 3.67. The zero-order chi connectivity index (χ0) is 18.0. The summed E-state index contributed by atoms with van der Waals surface area (Å²) in [5, 5.41) is 9.51. The number of aromatic carboxylic acids is 1. The van der Waals surface area contributed by atoms with Gasteiger partial charge in [0, 0.05) is 26.2 Å². The lowest BCUT2D eigenvalue weighted by atomic mass is 10.1. The van der Waals surface area contributed by atoms with Crippen LogP contribution in [-0.4, -0.2) is 58.0 Å². The van der Waals surface area contributed by atoms with Crippen LogP contribution in [0.5, 0.6) is 0 Å². The van der Waals surface area contributed by atoms with Crippen molar-refractivity contribution < 1.29 is 14.7 Å². The van der Waals surface area contributed by atoms with E-state index < -0.39 is 5.97 Å². The second-order valence-corrected chi connectivity index (χ2v) is 6.26. The average molecular weight is 381 g/mol. The van der Waals surface area contributed by atoms with E-state index in [4.69, 9.17) is 28.3 Å². The molecule has 1 fully saturated rings. The lowest BCUT2D eigenvalue weighted by Gasteiger charge is -2.35. The number of benzene rings is 1. The molecule has 2 aromatic rings. The van der Waals surface area contributed by atoms with Gasteiger partial charge in [-0.25, -0.2) is 14.8 Å². The molecule has 3 rings (SSSR count). The smallest absolute Gasteiger partial charge is 0.356 e. The number of carboxylic acids is 1. The summed E-state index contributed by atoms with van der Waals surface area (Å²) in [4.78, 5) is 35.1. The summed E-state index contributed by atoms with van der Waals surface area (Å²) < 4.78 is 0. The number of piperazine rings is 1. The summed E-state index contributed by atoms with van der Waals surface area (Å²) in [5.41, 5.74) is 0.204. The molecule has 130 valence electrons. The number of hydrogen-bond donors (Lipinski definition) is 1. The van der Waals surface area contributed by atoms with Crippen LogP contribution in [0.25, 0.3) is 0 Å². The normalized spacial score (nSPS) is 14.5. The van der Waals surface area contributed by atoms with Crippen molar-refractivity contribution in [2.24, 2.45) is 0 Å². The molecule has 1 aliphatic rings. The first-order valence-electron chi connectivity index (χ1n) is 7.51. The summed E-state index contributed by atoms with van der Waals surface area (Å²) >= 11 is 12.2. The van der Waals surface area contributed by atoms with Gasteiger partial charge in [-0.2, -0.15) is 0 Å². The summed E-state index contributed by atoms with van der Waals surface area (Å²) in [6.07, 6.45) is 2.64. The molecule has 1 N–H and O–H groups in total. The molecule has 0 radical (unpaired) electrons. The van der Waals surface area contributed by atoms with Crippen LogP contribution in [0.4, 0.5) is 5.82 Å². The Balaban J connectivity index is 1.67. The van der Waals surface area contributed by atoms with E-state index in [9.17, 15) is 9.59 Å². The SMILES string of the molecule is O=C(O)c1cnc(N2CCN(C(=O)c3c(Cl)cccc3Cl)CC2)cn1. The molecule has 0 atom stereocenters. The first-order valence-corrected chi connectivity index (χ1v) is 8.26. The Morgan fingerprint density at radius 3 is 2.16 bits per heavy atom. The second-order valence-electron chi connectivity index (χ2n) is 5.44. The zero-order valence-corrected chi connectivity index (χ0v) is 14.5. The van der Waals surface area contributed by atoms with E-state index in [-0.39, 0.29) is 11.6 Å². The fraction of sp³-hybridized carbons (Fsp3) is 0.250. The Morgan fingerprint density at radius 1 is 1.00 bits per heavy atom. The zero-order valence-electron chi connectivity index (χ0n) is 13.0. The third-order valence-electron chi connectivity index (χ3n) is 3.92. The molecule has 0 aliphatic carbocycles. The number of amides is 1. The van der Waals surface area contributed by atoms with E-state index >= 15 is 0 Å². The minimum absolute atomic E-state index is 0.106. The van der Waals surface area contributed by atoms with Gasteiger partial charge in [0.25, 0.3) is 5.91 Å². The summed E-state index contributed by atoms with van der Waals surface area (Å²) in [7, 11) is 0. The number of nitrogens with zero attached hydrogens (tertiary/aromatic N) is 4. The van der Waals surface area contributed by atoms with Crippen molar-refractivity contribution in [2.45, 2.75) is 0 Å². The van der Waals surface area contributed by atoms with E-state index in [1.165, 1.54) is 12.4 Å². The molecule has 0 unspecified atom stereocenters. The van der Waals surface area contributed by atoms with Crippen molar-refractivity contribution in [2.75, 3.05) is 31.1 Å². The maximum Gasteiger partial charge on any atom is 0.356 e. The second kappa shape index (κ2) is 7.25. The highest BCUT2D eigenvalue weighted by Gasteiger charge is 2.26. The fourth-order valence-electron chi connectivity index (χ4n) is 2.59. The number of carbonyl (C=O) groups is 2. The summed E-state index contributed by atoms with van der Waals surface area (Å²) in [6, 6.07) is 4.96. The molecule has 1 aliphatic heterocycles. The molecule has 1 aromatic carbocycles. The van der Waals surface area contributed by atoms with Crippen LogP contribution in [0.15, 0.2) is 30.6 Å². The number of rotatable bonds is 3. The number of carbonyl (C=O) groups excluding carboxylic acids is 1. The van der Waals surface area contributed by atoms with Crippen LogP contribution in [0.3, 0.4) is 0 Å². The quantitative estimate of drug-likeness (QED) is 0.879. The van der Waals surface area contributed by atoms with Crippen LogP contribution in [0, 0.1) is 0 Å². The largest absolute Gasteiger partial charge is 0.476 e. The van der Waals surface area contributed by atoms with Crippen molar-refractivity contribution in [3.63, 3.8) is 0 Å². The predicted molar refractivity (Wildman–Crippen MR) is 93.6 cm³/mol. The standard InChI is InChI=1S/C16H14Cl2N4O3/c17-10-2-1-3-11(18)14(10)15(23)22-6-4-21(5-7-22)13-9-19-12(8-20-13)16(24)25/h1-3,8-9H,4-7H2,(H,24,25). The number of hydrogen-bond acceptors (Lipinski definition) is 5. The lowest BCUT2D eigenvalue weighted by Crippen LogP contribution is -2.49.